The topological polar surface area (TPSA) is 24.1 Å². The van der Waals surface area contributed by atoms with E-state index in [0.717, 1.165) is 25.4 Å². The Balaban J connectivity index is 0.000000331. The molecular weight excluding hydrogens is 567 g/mol. The molecule has 0 radical (unpaired) electrons. The number of halogens is 1. The fourth-order valence-corrected chi connectivity index (χ4v) is 3.85. The zero-order valence-corrected chi connectivity index (χ0v) is 25.3. The van der Waals surface area contributed by atoms with Crippen LogP contribution >= 0.6 is 46.1 Å². The minimum atomic E-state index is 0.256. The van der Waals surface area contributed by atoms with E-state index in [1.54, 1.807) is 0 Å². The van der Waals surface area contributed by atoms with Crippen LogP contribution in [0.25, 0.3) is 0 Å². The van der Waals surface area contributed by atoms with Crippen LogP contribution in [-0.4, -0.2) is 36.1 Å². The molecular formula is C29H41IN2S2. The van der Waals surface area contributed by atoms with E-state index in [1.165, 1.54) is 25.9 Å². The van der Waals surface area contributed by atoms with E-state index < -0.39 is 0 Å². The summed E-state index contributed by atoms with van der Waals surface area (Å²) < 4.78 is 1.55. The summed E-state index contributed by atoms with van der Waals surface area (Å²) in [5, 5.41) is 7.12. The average Bonchev–Trinajstić information content (AvgIpc) is 2.83. The van der Waals surface area contributed by atoms with Gasteiger partial charge < -0.3 is 10.6 Å². The van der Waals surface area contributed by atoms with Crippen molar-refractivity contribution in [2.75, 3.05) is 36.7 Å². The number of rotatable bonds is 9. The first-order valence-corrected chi connectivity index (χ1v) is 15.3. The van der Waals surface area contributed by atoms with Gasteiger partial charge in [0.2, 0.25) is 0 Å². The number of benzene rings is 3. The molecule has 2 nitrogen and oxygen atoms in total. The summed E-state index contributed by atoms with van der Waals surface area (Å²) in [5.74, 6) is 1.16. The molecule has 0 aliphatic rings. The van der Waals surface area contributed by atoms with Gasteiger partial charge in [-0.15, -0.1) is 0 Å². The molecule has 3 aromatic rings. The Hall–Kier alpha value is -1.15. The Bertz CT molecular complexity index is 865. The number of thioether (sulfide) groups is 2. The quantitative estimate of drug-likeness (QED) is 0.189. The van der Waals surface area contributed by atoms with Crippen molar-refractivity contribution in [2.45, 2.75) is 39.0 Å². The molecule has 0 spiro atoms. The fourth-order valence-electron chi connectivity index (χ4n) is 2.73. The largest absolute Gasteiger partial charge is 0.383 e. The van der Waals surface area contributed by atoms with E-state index in [4.69, 9.17) is 0 Å². The van der Waals surface area contributed by atoms with Gasteiger partial charge in [0.05, 0.1) is 0 Å². The minimum absolute atomic E-state index is 0.256. The summed E-state index contributed by atoms with van der Waals surface area (Å²) in [6.45, 7) is 11.7. The van der Waals surface area contributed by atoms with Crippen molar-refractivity contribution in [2.24, 2.45) is 0 Å². The zero-order chi connectivity index (χ0) is 25.2. The highest BCUT2D eigenvalue weighted by Crippen LogP contribution is 2.24. The summed E-state index contributed by atoms with van der Waals surface area (Å²) >= 11 is 6.15. The predicted octanol–water partition coefficient (Wildman–Crippen LogP) is 8.29. The van der Waals surface area contributed by atoms with Gasteiger partial charge in [-0.2, -0.15) is 23.5 Å². The molecule has 186 valence electrons. The van der Waals surface area contributed by atoms with Crippen LogP contribution in [0, 0.1) is 17.4 Å². The molecule has 0 saturated carbocycles. The second kappa shape index (κ2) is 18.2. The van der Waals surface area contributed by atoms with Crippen molar-refractivity contribution in [3.8, 4) is 0 Å². The molecule has 2 N–H and O–H groups in total. The Morgan fingerprint density at radius 1 is 0.824 bits per heavy atom. The molecule has 0 aliphatic carbocycles. The number of aryl methyl sites for hydroxylation is 2. The van der Waals surface area contributed by atoms with Gasteiger partial charge in [-0.3, -0.25) is 0 Å². The van der Waals surface area contributed by atoms with Crippen molar-refractivity contribution in [1.29, 1.82) is 0 Å². The lowest BCUT2D eigenvalue weighted by Crippen LogP contribution is -2.26. The molecule has 3 aromatic carbocycles. The van der Waals surface area contributed by atoms with Crippen molar-refractivity contribution >= 4 is 51.8 Å². The molecule has 0 atom stereocenters. The van der Waals surface area contributed by atoms with Crippen LogP contribution in [0.5, 0.6) is 0 Å². The Labute approximate surface area is 230 Å². The summed E-state index contributed by atoms with van der Waals surface area (Å²) in [5.41, 5.74) is 5.25. The number of nitrogens with one attached hydrogen (secondary N) is 2. The smallest absolute Gasteiger partial charge is 0.0387 e. The second-order valence-electron chi connectivity index (χ2n) is 8.60. The highest BCUT2D eigenvalue weighted by molar-refractivity contribution is 14.1. The Kier molecular flexibility index (Phi) is 16.5. The lowest BCUT2D eigenvalue weighted by Gasteiger charge is -2.24. The van der Waals surface area contributed by atoms with Crippen LogP contribution in [0.2, 0.25) is 0 Å². The molecule has 0 saturated heterocycles. The van der Waals surface area contributed by atoms with Crippen LogP contribution < -0.4 is 10.6 Å². The monoisotopic (exact) mass is 608 g/mol. The second-order valence-corrected chi connectivity index (χ2v) is 12.3. The third-order valence-electron chi connectivity index (χ3n) is 5.00. The Morgan fingerprint density at radius 2 is 1.38 bits per heavy atom. The molecule has 0 unspecified atom stereocenters. The molecule has 0 aliphatic heterocycles. The van der Waals surface area contributed by atoms with Gasteiger partial charge in [0.25, 0.3) is 0 Å². The maximum atomic E-state index is 3.60. The average molecular weight is 609 g/mol. The maximum Gasteiger partial charge on any atom is 0.0387 e. The van der Waals surface area contributed by atoms with Crippen molar-refractivity contribution in [3.63, 3.8) is 0 Å². The van der Waals surface area contributed by atoms with Gasteiger partial charge in [0.15, 0.2) is 0 Å². The molecule has 0 bridgehead atoms. The van der Waals surface area contributed by atoms with Gasteiger partial charge in [0.1, 0.15) is 0 Å². The van der Waals surface area contributed by atoms with Crippen LogP contribution in [0.3, 0.4) is 0 Å². The first kappa shape index (κ1) is 30.9. The Morgan fingerprint density at radius 3 is 1.82 bits per heavy atom. The van der Waals surface area contributed by atoms with Gasteiger partial charge in [-0.1, -0.05) is 71.8 Å². The summed E-state index contributed by atoms with van der Waals surface area (Å²) in [6.07, 6.45) is 4.31. The minimum Gasteiger partial charge on any atom is -0.383 e. The van der Waals surface area contributed by atoms with Crippen molar-refractivity contribution in [1.82, 2.24) is 5.32 Å². The van der Waals surface area contributed by atoms with E-state index in [0.29, 0.717) is 0 Å². The molecule has 3 rings (SSSR count). The first-order chi connectivity index (χ1) is 16.3. The lowest BCUT2D eigenvalue weighted by atomic mass is 10.1. The van der Waals surface area contributed by atoms with Crippen molar-refractivity contribution in [3.05, 3.63) is 99.1 Å². The third-order valence-corrected chi connectivity index (χ3v) is 7.54. The molecule has 0 amide bonds. The highest BCUT2D eigenvalue weighted by atomic mass is 127. The normalized spacial score (nSPS) is 10.4. The first-order valence-electron chi connectivity index (χ1n) is 11.6. The molecule has 5 heteroatoms. The van der Waals surface area contributed by atoms with Crippen LogP contribution in [0.1, 0.15) is 30.5 Å². The van der Waals surface area contributed by atoms with E-state index in [-0.39, 0.29) is 4.75 Å². The predicted molar refractivity (Wildman–Crippen MR) is 168 cm³/mol. The van der Waals surface area contributed by atoms with Crippen LogP contribution in [0.4, 0.5) is 5.69 Å². The highest BCUT2D eigenvalue weighted by Gasteiger charge is 2.16. The van der Waals surface area contributed by atoms with Crippen LogP contribution in [0.15, 0.2) is 78.9 Å². The number of anilines is 1. The summed E-state index contributed by atoms with van der Waals surface area (Å²) in [4.78, 5) is 0. The van der Waals surface area contributed by atoms with Gasteiger partial charge in [-0.25, -0.2) is 0 Å². The molecule has 0 fully saturated rings. The van der Waals surface area contributed by atoms with Gasteiger partial charge in [-0.05, 0) is 86.6 Å². The fraction of sp³-hybridized carbons (Fsp3) is 0.379. The molecule has 0 aromatic heterocycles. The summed E-state index contributed by atoms with van der Waals surface area (Å²) in [6, 6.07) is 27.2. The number of hydrogen-bond acceptors (Lipinski definition) is 4. The molecule has 0 heterocycles. The SMILES string of the molecule is CSCCNCc1cc(I)ccc1NCC(C)(C)SC.Cc1ccccc1.Cc1ccccc1. The van der Waals surface area contributed by atoms with E-state index in [1.807, 2.05) is 59.9 Å². The standard InChI is InChI=1S/C15H25IN2S2.2C7H8/c1-15(2,20-4)11-18-14-6-5-13(16)9-12(14)10-17-7-8-19-3;2*1-7-5-3-2-4-6-7/h5-6,9,17-18H,7-8,10-11H2,1-4H3;2*2-6H,1H3. The summed E-state index contributed by atoms with van der Waals surface area (Å²) in [7, 11) is 0. The number of hydrogen-bond donors (Lipinski definition) is 2. The maximum absolute atomic E-state index is 3.60. The third kappa shape index (κ3) is 15.0. The lowest BCUT2D eigenvalue weighted by molar-refractivity contribution is 0.726. The van der Waals surface area contributed by atoms with Gasteiger partial charge in [0, 0.05) is 39.4 Å². The van der Waals surface area contributed by atoms with E-state index in [9.17, 15) is 0 Å². The van der Waals surface area contributed by atoms with Crippen LogP contribution in [-0.2, 0) is 6.54 Å². The van der Waals surface area contributed by atoms with Gasteiger partial charge >= 0.3 is 0 Å². The van der Waals surface area contributed by atoms with E-state index >= 15 is 0 Å². The van der Waals surface area contributed by atoms with Crippen molar-refractivity contribution < 1.29 is 0 Å². The molecule has 34 heavy (non-hydrogen) atoms. The zero-order valence-electron chi connectivity index (χ0n) is 21.5. The van der Waals surface area contributed by atoms with E-state index in [2.05, 4.69) is 116 Å².